The van der Waals surface area contributed by atoms with Crippen molar-refractivity contribution in [1.82, 2.24) is 9.13 Å². The second-order valence-corrected chi connectivity index (χ2v) is 16.8. The van der Waals surface area contributed by atoms with E-state index in [4.69, 9.17) is 0 Å². The quantitative estimate of drug-likeness (QED) is 0.268. The van der Waals surface area contributed by atoms with E-state index in [9.17, 15) is 0 Å². The molecule has 5 aromatic carbocycles. The van der Waals surface area contributed by atoms with Crippen molar-refractivity contribution in [2.45, 2.75) is 19.6 Å². The average Bonchev–Trinajstić information content (AvgIpc) is 3.44. The SMILES string of the molecule is C[Si](C)(C)c1cc2c3c4c1c1ccccc1n4-c1ccccc1B3c1cccc3c4ccccc4n-2c13. The van der Waals surface area contributed by atoms with Gasteiger partial charge in [-0.15, -0.1) is 0 Å². The fourth-order valence-electron chi connectivity index (χ4n) is 7.43. The monoisotopic (exact) mass is 488 g/mol. The molecule has 0 bridgehead atoms. The summed E-state index contributed by atoms with van der Waals surface area (Å²) in [6.45, 7) is 7.72. The first-order chi connectivity index (χ1) is 18.0. The second kappa shape index (κ2) is 6.45. The topological polar surface area (TPSA) is 9.86 Å². The standard InChI is InChI=1S/C33H25BN2Si/c1-37(2,3)29-19-28-31-33-30(29)22-12-5-8-17-26(22)35(33)27-18-9-6-14-23(27)34(31)24-15-10-13-21-20-11-4-7-16-25(20)36(28)32(21)24/h4-19H,1-3H3. The van der Waals surface area contributed by atoms with E-state index in [0.29, 0.717) is 0 Å². The highest BCUT2D eigenvalue weighted by molar-refractivity contribution is 7.01. The van der Waals surface area contributed by atoms with E-state index in [1.54, 1.807) is 5.19 Å². The van der Waals surface area contributed by atoms with Gasteiger partial charge in [0, 0.05) is 38.4 Å². The fraction of sp³-hybridized carbons (Fsp3) is 0.0909. The molecule has 0 unspecified atom stereocenters. The van der Waals surface area contributed by atoms with Crippen LogP contribution < -0.4 is 21.6 Å². The highest BCUT2D eigenvalue weighted by atomic mass is 28.3. The van der Waals surface area contributed by atoms with Gasteiger partial charge in [-0.2, -0.15) is 0 Å². The molecule has 0 radical (unpaired) electrons. The normalized spacial score (nSPS) is 13.8. The first kappa shape index (κ1) is 20.1. The molecular formula is C33H25BN2Si. The van der Waals surface area contributed by atoms with Crippen LogP contribution in [0.2, 0.25) is 19.6 Å². The van der Waals surface area contributed by atoms with Gasteiger partial charge >= 0.3 is 0 Å². The van der Waals surface area contributed by atoms with E-state index >= 15 is 0 Å². The van der Waals surface area contributed by atoms with Gasteiger partial charge in [-0.05, 0) is 45.8 Å². The van der Waals surface area contributed by atoms with Crippen molar-refractivity contribution in [1.29, 1.82) is 0 Å². The Balaban J connectivity index is 1.65. The summed E-state index contributed by atoms with van der Waals surface area (Å²) in [5, 5.41) is 7.11. The highest BCUT2D eigenvalue weighted by Crippen LogP contribution is 2.39. The van der Waals surface area contributed by atoms with Crippen LogP contribution in [0.3, 0.4) is 0 Å². The number of aromatic nitrogens is 2. The maximum Gasteiger partial charge on any atom is 0.252 e. The Labute approximate surface area is 216 Å². The minimum atomic E-state index is -1.70. The summed E-state index contributed by atoms with van der Waals surface area (Å²) in [5.74, 6) is 0. The lowest BCUT2D eigenvalue weighted by Gasteiger charge is -2.34. The Bertz CT molecular complexity index is 2140. The number of hydrogen-bond acceptors (Lipinski definition) is 0. The van der Waals surface area contributed by atoms with Crippen molar-refractivity contribution < 1.29 is 0 Å². The maximum absolute atomic E-state index is 2.59. The average molecular weight is 488 g/mol. The molecule has 0 N–H and O–H groups in total. The van der Waals surface area contributed by atoms with Gasteiger partial charge in [-0.1, -0.05) is 92.4 Å². The van der Waals surface area contributed by atoms with Gasteiger partial charge in [-0.3, -0.25) is 0 Å². The molecule has 2 aliphatic heterocycles. The van der Waals surface area contributed by atoms with Crippen LogP contribution in [-0.2, 0) is 0 Å². The molecule has 37 heavy (non-hydrogen) atoms. The van der Waals surface area contributed by atoms with Crippen LogP contribution in [0.5, 0.6) is 0 Å². The Kier molecular flexibility index (Phi) is 3.50. The van der Waals surface area contributed by atoms with Crippen LogP contribution in [0, 0.1) is 0 Å². The van der Waals surface area contributed by atoms with E-state index in [2.05, 4.69) is 126 Å². The maximum atomic E-state index is 2.59. The van der Waals surface area contributed by atoms with Gasteiger partial charge in [0.1, 0.15) is 0 Å². The molecule has 0 spiro atoms. The van der Waals surface area contributed by atoms with Gasteiger partial charge in [-0.25, -0.2) is 0 Å². The smallest absolute Gasteiger partial charge is 0.252 e. The number of benzene rings is 5. The van der Waals surface area contributed by atoms with Crippen LogP contribution >= 0.6 is 0 Å². The molecule has 4 heteroatoms. The predicted octanol–water partition coefficient (Wildman–Crippen LogP) is 5.57. The van der Waals surface area contributed by atoms with Gasteiger partial charge in [0.15, 0.2) is 0 Å². The molecule has 0 amide bonds. The zero-order valence-electron chi connectivity index (χ0n) is 21.2. The summed E-state index contributed by atoms with van der Waals surface area (Å²) in [6, 6.07) is 36.7. The number of fused-ring (bicyclic) bond motifs is 11. The third-order valence-electron chi connectivity index (χ3n) is 8.82. The van der Waals surface area contributed by atoms with Crippen molar-refractivity contribution in [3.05, 3.63) is 97.1 Å². The largest absolute Gasteiger partial charge is 0.310 e. The van der Waals surface area contributed by atoms with Gasteiger partial charge in [0.05, 0.1) is 24.6 Å². The summed E-state index contributed by atoms with van der Waals surface area (Å²) in [5.41, 5.74) is 12.4. The molecule has 174 valence electrons. The van der Waals surface area contributed by atoms with Gasteiger partial charge in [0.2, 0.25) is 0 Å². The van der Waals surface area contributed by atoms with E-state index in [1.165, 1.54) is 71.4 Å². The van der Waals surface area contributed by atoms with E-state index in [0.717, 1.165) is 0 Å². The summed E-state index contributed by atoms with van der Waals surface area (Å²) in [4.78, 5) is 0. The van der Waals surface area contributed by atoms with E-state index in [1.807, 2.05) is 0 Å². The Hall–Kier alpha value is -4.02. The number of nitrogens with zero attached hydrogens (tertiary/aromatic N) is 2. The number of hydrogen-bond donors (Lipinski definition) is 0. The number of rotatable bonds is 1. The third kappa shape index (κ3) is 2.25. The molecule has 0 saturated carbocycles. The van der Waals surface area contributed by atoms with E-state index in [-0.39, 0.29) is 6.71 Å². The molecule has 2 nitrogen and oxygen atoms in total. The Morgan fingerprint density at radius 1 is 0.568 bits per heavy atom. The fourth-order valence-corrected chi connectivity index (χ4v) is 9.00. The van der Waals surface area contributed by atoms with Crippen LogP contribution in [0.4, 0.5) is 0 Å². The minimum absolute atomic E-state index is 0.224. The van der Waals surface area contributed by atoms with Crippen molar-refractivity contribution in [2.75, 3.05) is 0 Å². The minimum Gasteiger partial charge on any atom is -0.310 e. The summed E-state index contributed by atoms with van der Waals surface area (Å²) in [7, 11) is -1.70. The molecule has 0 aliphatic carbocycles. The molecule has 7 aromatic rings. The molecule has 0 saturated heterocycles. The summed E-state index contributed by atoms with van der Waals surface area (Å²) in [6.07, 6.45) is 0. The van der Waals surface area contributed by atoms with Crippen molar-refractivity contribution in [3.8, 4) is 11.4 Å². The van der Waals surface area contributed by atoms with Crippen LogP contribution in [-0.4, -0.2) is 23.9 Å². The summed E-state index contributed by atoms with van der Waals surface area (Å²) < 4.78 is 5.17. The number of para-hydroxylation sites is 4. The predicted molar refractivity (Wildman–Crippen MR) is 163 cm³/mol. The van der Waals surface area contributed by atoms with Crippen LogP contribution in [0.15, 0.2) is 97.1 Å². The van der Waals surface area contributed by atoms with Gasteiger partial charge in [0.25, 0.3) is 6.71 Å². The van der Waals surface area contributed by atoms with E-state index < -0.39 is 8.07 Å². The first-order valence-corrected chi connectivity index (χ1v) is 16.8. The van der Waals surface area contributed by atoms with Gasteiger partial charge < -0.3 is 9.13 Å². The highest BCUT2D eigenvalue weighted by Gasteiger charge is 2.42. The molecule has 2 aromatic heterocycles. The Morgan fingerprint density at radius 3 is 2.00 bits per heavy atom. The molecule has 2 aliphatic rings. The zero-order chi connectivity index (χ0) is 24.6. The molecular weight excluding hydrogens is 463 g/mol. The zero-order valence-corrected chi connectivity index (χ0v) is 22.2. The molecule has 9 rings (SSSR count). The van der Waals surface area contributed by atoms with Crippen molar-refractivity contribution >= 4 is 80.0 Å². The lowest BCUT2D eigenvalue weighted by molar-refractivity contribution is 1.16. The summed E-state index contributed by atoms with van der Waals surface area (Å²) >= 11 is 0. The molecule has 0 atom stereocenters. The van der Waals surface area contributed by atoms with Crippen molar-refractivity contribution in [2.24, 2.45) is 0 Å². The van der Waals surface area contributed by atoms with Crippen molar-refractivity contribution in [3.63, 3.8) is 0 Å². The lowest BCUT2D eigenvalue weighted by Crippen LogP contribution is -2.60. The second-order valence-electron chi connectivity index (χ2n) is 11.8. The third-order valence-corrected chi connectivity index (χ3v) is 10.8. The molecule has 4 heterocycles. The Morgan fingerprint density at radius 2 is 1.19 bits per heavy atom. The molecule has 0 fully saturated rings. The first-order valence-electron chi connectivity index (χ1n) is 13.3. The lowest BCUT2D eigenvalue weighted by atomic mass is 9.34. The van der Waals surface area contributed by atoms with Crippen LogP contribution in [0.25, 0.3) is 55.0 Å². The van der Waals surface area contributed by atoms with Crippen LogP contribution in [0.1, 0.15) is 0 Å².